The first-order chi connectivity index (χ1) is 15.3. The summed E-state index contributed by atoms with van der Waals surface area (Å²) in [5, 5.41) is 20.7. The summed E-state index contributed by atoms with van der Waals surface area (Å²) in [6.45, 7) is 3.69. The molecule has 166 valence electrons. The van der Waals surface area contributed by atoms with Gasteiger partial charge in [-0.25, -0.2) is 14.0 Å². The van der Waals surface area contributed by atoms with Crippen LogP contribution in [0.4, 0.5) is 4.39 Å². The zero-order chi connectivity index (χ0) is 22.5. The number of nitrogens with one attached hydrogen (secondary N) is 1. The molecule has 1 amide bonds. The number of aliphatic hydroxyl groups is 1. The molecule has 8 nitrogen and oxygen atoms in total. The lowest BCUT2D eigenvalue weighted by Gasteiger charge is -2.31. The van der Waals surface area contributed by atoms with Crippen LogP contribution < -0.4 is 10.1 Å². The normalized spacial score (nSPS) is 24.6. The SMILES string of the molecule is CC(C)(O)C1CC2C(CNC(=O)c3cccnc3Oc3ccc4nonc4c3)=CC1C2F. The van der Waals surface area contributed by atoms with Gasteiger partial charge in [0.25, 0.3) is 5.91 Å². The summed E-state index contributed by atoms with van der Waals surface area (Å²) in [5.74, 6) is -0.481. The van der Waals surface area contributed by atoms with E-state index in [0.717, 1.165) is 5.57 Å². The highest BCUT2D eigenvalue weighted by molar-refractivity contribution is 5.96. The number of halogens is 1. The Morgan fingerprint density at radius 1 is 1.31 bits per heavy atom. The number of pyridine rings is 1. The minimum atomic E-state index is -1.02. The summed E-state index contributed by atoms with van der Waals surface area (Å²) in [7, 11) is 0. The monoisotopic (exact) mass is 438 g/mol. The Balaban J connectivity index is 1.28. The number of fused-ring (bicyclic) bond motifs is 3. The molecule has 9 heteroatoms. The highest BCUT2D eigenvalue weighted by Gasteiger charge is 2.53. The Morgan fingerprint density at radius 3 is 2.88 bits per heavy atom. The zero-order valence-electron chi connectivity index (χ0n) is 17.7. The molecule has 5 rings (SSSR count). The highest BCUT2D eigenvalue weighted by atomic mass is 19.1. The largest absolute Gasteiger partial charge is 0.438 e. The molecule has 2 heterocycles. The second kappa shape index (κ2) is 7.67. The van der Waals surface area contributed by atoms with E-state index >= 15 is 0 Å². The Morgan fingerprint density at radius 2 is 2.12 bits per heavy atom. The molecule has 4 unspecified atom stereocenters. The molecule has 1 aromatic carbocycles. The van der Waals surface area contributed by atoms with Crippen LogP contribution in [-0.4, -0.2) is 44.6 Å². The number of alkyl halides is 1. The van der Waals surface area contributed by atoms with Crippen molar-refractivity contribution in [3.05, 3.63) is 53.7 Å². The number of ether oxygens (including phenoxy) is 1. The van der Waals surface area contributed by atoms with Crippen molar-refractivity contribution in [2.75, 3.05) is 6.54 Å². The van der Waals surface area contributed by atoms with Gasteiger partial charge in [-0.05, 0) is 66.3 Å². The van der Waals surface area contributed by atoms with Crippen molar-refractivity contribution < 1.29 is 23.7 Å². The average Bonchev–Trinajstić information content (AvgIpc) is 3.44. The van der Waals surface area contributed by atoms with Crippen LogP contribution in [0.1, 0.15) is 30.6 Å². The number of benzene rings is 1. The maximum Gasteiger partial charge on any atom is 0.257 e. The molecule has 0 saturated heterocycles. The fourth-order valence-electron chi connectivity index (χ4n) is 4.79. The summed E-state index contributed by atoms with van der Waals surface area (Å²) in [5.41, 5.74) is 1.32. The van der Waals surface area contributed by atoms with Crippen molar-refractivity contribution in [3.63, 3.8) is 0 Å². The summed E-state index contributed by atoms with van der Waals surface area (Å²) in [6, 6.07) is 8.28. The van der Waals surface area contributed by atoms with E-state index in [1.165, 1.54) is 6.20 Å². The number of hydrogen-bond acceptors (Lipinski definition) is 7. The van der Waals surface area contributed by atoms with E-state index in [2.05, 4.69) is 25.2 Å². The van der Waals surface area contributed by atoms with E-state index in [-0.39, 0.29) is 41.6 Å². The fraction of sp³-hybridized carbons (Fsp3) is 0.391. The number of allylic oxidation sites excluding steroid dienone is 1. The number of carbonyl (C=O) groups excluding carboxylic acids is 1. The highest BCUT2D eigenvalue weighted by Crippen LogP contribution is 2.52. The second-order valence-corrected chi connectivity index (χ2v) is 8.92. The molecule has 2 N–H and O–H groups in total. The van der Waals surface area contributed by atoms with Crippen LogP contribution in [-0.2, 0) is 0 Å². The Kier molecular flexibility index (Phi) is 4.93. The maximum absolute atomic E-state index is 14.7. The van der Waals surface area contributed by atoms with Gasteiger partial charge in [-0.3, -0.25) is 4.79 Å². The topological polar surface area (TPSA) is 110 Å². The molecule has 2 bridgehead atoms. The van der Waals surface area contributed by atoms with Crippen molar-refractivity contribution in [1.82, 2.24) is 20.6 Å². The van der Waals surface area contributed by atoms with E-state index in [1.54, 1.807) is 44.2 Å². The third kappa shape index (κ3) is 3.62. The molecule has 0 aliphatic heterocycles. The van der Waals surface area contributed by atoms with Crippen molar-refractivity contribution in [2.24, 2.45) is 17.8 Å². The van der Waals surface area contributed by atoms with Gasteiger partial charge in [0, 0.05) is 30.6 Å². The number of aromatic nitrogens is 3. The number of hydrogen-bond donors (Lipinski definition) is 2. The molecule has 2 aliphatic rings. The lowest BCUT2D eigenvalue weighted by atomic mass is 9.79. The van der Waals surface area contributed by atoms with E-state index in [0.29, 0.717) is 23.2 Å². The minimum absolute atomic E-state index is 0.113. The Bertz CT molecular complexity index is 1200. The number of carbonyl (C=O) groups is 1. The first kappa shape index (κ1) is 20.6. The molecule has 1 saturated carbocycles. The van der Waals surface area contributed by atoms with Crippen LogP contribution in [0.25, 0.3) is 11.0 Å². The van der Waals surface area contributed by atoms with E-state index in [1.807, 2.05) is 6.08 Å². The molecule has 4 atom stereocenters. The first-order valence-corrected chi connectivity index (χ1v) is 10.5. The summed E-state index contributed by atoms with van der Waals surface area (Å²) >= 11 is 0. The lowest BCUT2D eigenvalue weighted by molar-refractivity contribution is 0.00140. The number of rotatable bonds is 6. The van der Waals surface area contributed by atoms with Crippen LogP contribution in [0.5, 0.6) is 11.6 Å². The van der Waals surface area contributed by atoms with Crippen molar-refractivity contribution >= 4 is 16.9 Å². The molecular weight excluding hydrogens is 415 g/mol. The first-order valence-electron chi connectivity index (χ1n) is 10.5. The molecule has 0 spiro atoms. The van der Waals surface area contributed by atoms with Gasteiger partial charge < -0.3 is 15.2 Å². The van der Waals surface area contributed by atoms with Gasteiger partial charge >= 0.3 is 0 Å². The third-order valence-corrected chi connectivity index (χ3v) is 6.42. The Hall–Kier alpha value is -3.33. The van der Waals surface area contributed by atoms with Crippen LogP contribution in [0.2, 0.25) is 0 Å². The molecule has 1 fully saturated rings. The van der Waals surface area contributed by atoms with Crippen LogP contribution in [0.3, 0.4) is 0 Å². The van der Waals surface area contributed by atoms with Gasteiger partial charge in [0.05, 0.1) is 5.60 Å². The zero-order valence-corrected chi connectivity index (χ0v) is 17.7. The number of amides is 1. The van der Waals surface area contributed by atoms with E-state index in [4.69, 9.17) is 4.74 Å². The predicted octanol–water partition coefficient (Wildman–Crippen LogP) is 3.44. The summed E-state index contributed by atoms with van der Waals surface area (Å²) < 4.78 is 25.2. The maximum atomic E-state index is 14.7. The molecule has 0 radical (unpaired) electrons. The van der Waals surface area contributed by atoms with Crippen LogP contribution in [0, 0.1) is 17.8 Å². The molecule has 32 heavy (non-hydrogen) atoms. The molecule has 2 aliphatic carbocycles. The average molecular weight is 438 g/mol. The van der Waals surface area contributed by atoms with Gasteiger partial charge in [0.15, 0.2) is 0 Å². The van der Waals surface area contributed by atoms with Crippen molar-refractivity contribution in [1.29, 1.82) is 0 Å². The third-order valence-electron chi connectivity index (χ3n) is 6.42. The van der Waals surface area contributed by atoms with Gasteiger partial charge in [-0.2, -0.15) is 0 Å². The second-order valence-electron chi connectivity index (χ2n) is 8.92. The fourth-order valence-corrected chi connectivity index (χ4v) is 4.79. The smallest absolute Gasteiger partial charge is 0.257 e. The molecular formula is C23H23FN4O4. The van der Waals surface area contributed by atoms with E-state index in [9.17, 15) is 14.3 Å². The van der Waals surface area contributed by atoms with E-state index < -0.39 is 11.8 Å². The standard InChI is InChI=1S/C23H23FN4O4/c1-23(2,30)17-10-15-12(8-16(17)20(15)24)11-26-21(29)14-4-3-7-25-22(14)31-13-5-6-18-19(9-13)28-32-27-18/h3-9,15-17,20,30H,10-11H2,1-2H3,(H,26,29). The minimum Gasteiger partial charge on any atom is -0.438 e. The van der Waals surface area contributed by atoms with Crippen molar-refractivity contribution in [2.45, 2.75) is 32.0 Å². The number of nitrogens with zero attached hydrogens (tertiary/aromatic N) is 3. The quantitative estimate of drug-likeness (QED) is 0.567. The van der Waals surface area contributed by atoms with Gasteiger partial charge in [0.2, 0.25) is 5.88 Å². The Labute approximate surface area is 183 Å². The van der Waals surface area contributed by atoms with Gasteiger partial charge in [0.1, 0.15) is 28.5 Å². The lowest BCUT2D eigenvalue weighted by Crippen LogP contribution is -2.35. The molecule has 2 aromatic heterocycles. The summed E-state index contributed by atoms with van der Waals surface area (Å²) in [4.78, 5) is 17.1. The van der Waals surface area contributed by atoms with Gasteiger partial charge in [-0.1, -0.05) is 6.08 Å². The van der Waals surface area contributed by atoms with Crippen LogP contribution in [0.15, 0.2) is 52.8 Å². The molecule has 3 aromatic rings. The van der Waals surface area contributed by atoms with Crippen LogP contribution >= 0.6 is 0 Å². The van der Waals surface area contributed by atoms with Gasteiger partial charge in [-0.15, -0.1) is 0 Å². The summed E-state index contributed by atoms with van der Waals surface area (Å²) in [6.07, 6.45) is 2.98. The van der Waals surface area contributed by atoms with Crippen molar-refractivity contribution in [3.8, 4) is 11.6 Å². The predicted molar refractivity (Wildman–Crippen MR) is 113 cm³/mol.